The van der Waals surface area contributed by atoms with Gasteiger partial charge in [0.1, 0.15) is 0 Å². The Labute approximate surface area is 220 Å². The van der Waals surface area contributed by atoms with E-state index in [0.717, 1.165) is 18.4 Å². The van der Waals surface area contributed by atoms with Crippen molar-refractivity contribution in [3.63, 3.8) is 0 Å². The molecule has 3 N–H and O–H groups in total. The molecule has 0 saturated carbocycles. The second-order valence-electron chi connectivity index (χ2n) is 9.39. The number of anilines is 2. The molecule has 0 aliphatic carbocycles. The van der Waals surface area contributed by atoms with Crippen LogP contribution in [0.25, 0.3) is 0 Å². The molecule has 1 aliphatic rings. The van der Waals surface area contributed by atoms with Gasteiger partial charge in [-0.3, -0.25) is 9.88 Å². The van der Waals surface area contributed by atoms with Crippen molar-refractivity contribution in [1.82, 2.24) is 9.88 Å². The Morgan fingerprint density at radius 1 is 0.821 bits per heavy atom. The van der Waals surface area contributed by atoms with Gasteiger partial charge in [-0.25, -0.2) is 4.79 Å². The van der Waals surface area contributed by atoms with Gasteiger partial charge in [0.05, 0.1) is 0 Å². The number of rotatable bonds is 6. The SMILES string of the molecule is O=C(Nc1ccncc1)Nc1ccc(C2CCN(Cc3ccc(C(O)(C(F)(F)F)C(F)(F)F)cc3)CC2)cc1. The number of pyridine rings is 1. The molecule has 3 aromatic rings. The minimum absolute atomic E-state index is 0.275. The van der Waals surface area contributed by atoms with Crippen molar-refractivity contribution < 1.29 is 36.2 Å². The van der Waals surface area contributed by atoms with Crippen molar-refractivity contribution in [2.24, 2.45) is 0 Å². The number of benzene rings is 2. The number of urea groups is 1. The Morgan fingerprint density at radius 2 is 1.33 bits per heavy atom. The van der Waals surface area contributed by atoms with Crippen LogP contribution in [0.15, 0.2) is 73.1 Å². The van der Waals surface area contributed by atoms with Crippen molar-refractivity contribution in [2.75, 3.05) is 23.7 Å². The fourth-order valence-electron chi connectivity index (χ4n) is 4.59. The first-order chi connectivity index (χ1) is 18.4. The van der Waals surface area contributed by atoms with Crippen LogP contribution < -0.4 is 10.6 Å². The summed E-state index contributed by atoms with van der Waals surface area (Å²) in [6.07, 6.45) is -7.04. The van der Waals surface area contributed by atoms with Gasteiger partial charge in [-0.05, 0) is 67.2 Å². The van der Waals surface area contributed by atoms with E-state index in [-0.39, 0.29) is 11.9 Å². The molecular weight excluding hydrogens is 526 g/mol. The molecule has 39 heavy (non-hydrogen) atoms. The number of hydrogen-bond donors (Lipinski definition) is 3. The summed E-state index contributed by atoms with van der Waals surface area (Å²) >= 11 is 0. The number of nitrogens with zero attached hydrogens (tertiary/aromatic N) is 2. The number of alkyl halides is 6. The summed E-state index contributed by atoms with van der Waals surface area (Å²) in [4.78, 5) is 18.1. The van der Waals surface area contributed by atoms with Crippen LogP contribution in [0.1, 0.15) is 35.4 Å². The van der Waals surface area contributed by atoms with E-state index in [1.54, 1.807) is 24.5 Å². The van der Waals surface area contributed by atoms with Gasteiger partial charge in [-0.15, -0.1) is 0 Å². The van der Waals surface area contributed by atoms with Crippen molar-refractivity contribution in [2.45, 2.75) is 43.3 Å². The third-order valence-corrected chi connectivity index (χ3v) is 6.76. The van der Waals surface area contributed by atoms with Crippen LogP contribution in [0, 0.1) is 0 Å². The van der Waals surface area contributed by atoms with Crippen molar-refractivity contribution >= 4 is 17.4 Å². The molecule has 1 aromatic heterocycles. The van der Waals surface area contributed by atoms with E-state index in [1.165, 1.54) is 12.1 Å². The molecule has 0 radical (unpaired) electrons. The molecule has 2 amide bonds. The standard InChI is InChI=1S/C27H26F6N4O2/c28-26(29,30)25(39,27(31,32)33)21-5-1-18(2-6-21)17-37-15-11-20(12-16-37)19-3-7-22(8-4-19)35-24(38)36-23-9-13-34-14-10-23/h1-10,13-14,20,39H,11-12,15-17H2,(H2,34,35,36,38). The summed E-state index contributed by atoms with van der Waals surface area (Å²) in [5.74, 6) is 0.275. The number of aromatic nitrogens is 1. The van der Waals surface area contributed by atoms with E-state index < -0.39 is 23.5 Å². The minimum Gasteiger partial charge on any atom is -0.369 e. The van der Waals surface area contributed by atoms with E-state index in [1.807, 2.05) is 24.3 Å². The average molecular weight is 553 g/mol. The third-order valence-electron chi connectivity index (χ3n) is 6.76. The lowest BCUT2D eigenvalue weighted by atomic mass is 9.89. The number of carbonyl (C=O) groups excluding carboxylic acids is 1. The second-order valence-corrected chi connectivity index (χ2v) is 9.39. The van der Waals surface area contributed by atoms with Crippen LogP contribution in [0.3, 0.4) is 0 Å². The monoisotopic (exact) mass is 552 g/mol. The summed E-state index contributed by atoms with van der Waals surface area (Å²) in [7, 11) is 0. The Morgan fingerprint density at radius 3 is 1.85 bits per heavy atom. The molecule has 0 unspecified atom stereocenters. The molecule has 12 heteroatoms. The lowest BCUT2D eigenvalue weighted by molar-refractivity contribution is -0.376. The van der Waals surface area contributed by atoms with E-state index >= 15 is 0 Å². The van der Waals surface area contributed by atoms with Gasteiger partial charge >= 0.3 is 18.4 Å². The molecule has 0 atom stereocenters. The summed E-state index contributed by atoms with van der Waals surface area (Å²) in [5, 5.41) is 15.0. The maximum absolute atomic E-state index is 13.1. The number of carbonyl (C=O) groups is 1. The highest BCUT2D eigenvalue weighted by molar-refractivity contribution is 5.99. The summed E-state index contributed by atoms with van der Waals surface area (Å²) in [6, 6.07) is 14.2. The fraction of sp³-hybridized carbons (Fsp3) is 0.333. The number of aliphatic hydroxyl groups is 1. The van der Waals surface area contributed by atoms with E-state index in [0.29, 0.717) is 48.7 Å². The number of likely N-dealkylation sites (tertiary alicyclic amines) is 1. The molecule has 4 rings (SSSR count). The fourth-order valence-corrected chi connectivity index (χ4v) is 4.59. The average Bonchev–Trinajstić information content (AvgIpc) is 2.89. The quantitative estimate of drug-likeness (QED) is 0.309. The molecule has 0 spiro atoms. The zero-order chi connectivity index (χ0) is 28.3. The first-order valence-corrected chi connectivity index (χ1v) is 12.1. The van der Waals surface area contributed by atoms with Crippen molar-refractivity contribution in [1.29, 1.82) is 0 Å². The van der Waals surface area contributed by atoms with E-state index in [9.17, 15) is 36.2 Å². The predicted molar refractivity (Wildman–Crippen MR) is 133 cm³/mol. The van der Waals surface area contributed by atoms with Gasteiger partial charge in [0.25, 0.3) is 5.60 Å². The highest BCUT2D eigenvalue weighted by atomic mass is 19.4. The van der Waals surface area contributed by atoms with Crippen LogP contribution in [0.4, 0.5) is 42.5 Å². The first kappa shape index (κ1) is 28.4. The number of halogens is 6. The zero-order valence-electron chi connectivity index (χ0n) is 20.6. The molecular formula is C27H26F6N4O2. The Hall–Kier alpha value is -3.64. The molecule has 1 saturated heterocycles. The van der Waals surface area contributed by atoms with Gasteiger partial charge in [0.15, 0.2) is 0 Å². The highest BCUT2D eigenvalue weighted by Crippen LogP contribution is 2.50. The van der Waals surface area contributed by atoms with E-state index in [2.05, 4.69) is 20.5 Å². The number of piperidine rings is 1. The molecule has 208 valence electrons. The molecule has 1 aliphatic heterocycles. The molecule has 1 fully saturated rings. The van der Waals surface area contributed by atoms with E-state index in [4.69, 9.17) is 0 Å². The van der Waals surface area contributed by atoms with Crippen LogP contribution in [0.2, 0.25) is 0 Å². The smallest absolute Gasteiger partial charge is 0.369 e. The number of amides is 2. The largest absolute Gasteiger partial charge is 0.430 e. The molecule has 0 bridgehead atoms. The van der Waals surface area contributed by atoms with Crippen LogP contribution in [-0.2, 0) is 12.1 Å². The lowest BCUT2D eigenvalue weighted by Gasteiger charge is -2.33. The van der Waals surface area contributed by atoms with Crippen LogP contribution in [0.5, 0.6) is 0 Å². The van der Waals surface area contributed by atoms with Crippen molar-refractivity contribution in [3.8, 4) is 0 Å². The van der Waals surface area contributed by atoms with Gasteiger partial charge in [0, 0.05) is 35.9 Å². The van der Waals surface area contributed by atoms with Crippen molar-refractivity contribution in [3.05, 3.63) is 89.7 Å². The number of hydrogen-bond acceptors (Lipinski definition) is 4. The lowest BCUT2D eigenvalue weighted by Crippen LogP contribution is -2.53. The predicted octanol–water partition coefficient (Wildman–Crippen LogP) is 6.42. The molecule has 6 nitrogen and oxygen atoms in total. The van der Waals surface area contributed by atoms with Crippen LogP contribution >= 0.6 is 0 Å². The Balaban J connectivity index is 1.29. The summed E-state index contributed by atoms with van der Waals surface area (Å²) < 4.78 is 78.6. The summed E-state index contributed by atoms with van der Waals surface area (Å²) in [5.41, 5.74) is -3.29. The van der Waals surface area contributed by atoms with Crippen LogP contribution in [-0.4, -0.2) is 46.5 Å². The maximum Gasteiger partial charge on any atom is 0.430 e. The topological polar surface area (TPSA) is 77.5 Å². The third kappa shape index (κ3) is 6.51. The second kappa shape index (κ2) is 11.2. The molecule has 2 aromatic carbocycles. The highest BCUT2D eigenvalue weighted by Gasteiger charge is 2.71. The maximum atomic E-state index is 13.1. The Bertz CT molecular complexity index is 1230. The minimum atomic E-state index is -5.91. The van der Waals surface area contributed by atoms with Gasteiger partial charge in [0.2, 0.25) is 0 Å². The normalized spacial score (nSPS) is 15.7. The number of nitrogens with one attached hydrogen (secondary N) is 2. The van der Waals surface area contributed by atoms with Gasteiger partial charge < -0.3 is 15.7 Å². The first-order valence-electron chi connectivity index (χ1n) is 12.1. The van der Waals surface area contributed by atoms with Gasteiger partial charge in [-0.1, -0.05) is 36.4 Å². The Kier molecular flexibility index (Phi) is 8.17. The summed E-state index contributed by atoms with van der Waals surface area (Å²) in [6.45, 7) is 1.74. The molecule has 2 heterocycles. The zero-order valence-corrected chi connectivity index (χ0v) is 20.6. The van der Waals surface area contributed by atoms with Gasteiger partial charge in [-0.2, -0.15) is 26.3 Å².